The number of aliphatic hydroxyl groups is 1. The summed E-state index contributed by atoms with van der Waals surface area (Å²) in [5, 5.41) is 13.0. The van der Waals surface area contributed by atoms with Crippen molar-refractivity contribution in [1.29, 1.82) is 0 Å². The molecule has 0 saturated carbocycles. The van der Waals surface area contributed by atoms with Crippen molar-refractivity contribution in [2.24, 2.45) is 5.92 Å². The molecule has 2 aromatic heterocycles. The van der Waals surface area contributed by atoms with Crippen molar-refractivity contribution in [1.82, 2.24) is 9.38 Å². The number of fused-ring (bicyclic) bond motifs is 1. The summed E-state index contributed by atoms with van der Waals surface area (Å²) in [6.45, 7) is 1.78. The lowest BCUT2D eigenvalue weighted by Gasteiger charge is -2.18. The number of anilines is 1. The third-order valence-electron chi connectivity index (χ3n) is 5.37. The molecule has 1 amide bonds. The van der Waals surface area contributed by atoms with Crippen molar-refractivity contribution in [3.05, 3.63) is 102 Å². The Labute approximate surface area is 184 Å². The lowest BCUT2D eigenvalue weighted by Crippen LogP contribution is -2.17. The van der Waals surface area contributed by atoms with Crippen molar-refractivity contribution in [3.8, 4) is 0 Å². The van der Waals surface area contributed by atoms with E-state index in [9.17, 15) is 19.1 Å². The molecule has 6 nitrogen and oxygen atoms in total. The number of benzene rings is 2. The molecule has 0 spiro atoms. The Morgan fingerprint density at radius 2 is 1.84 bits per heavy atom. The van der Waals surface area contributed by atoms with Crippen molar-refractivity contribution in [2.45, 2.75) is 19.4 Å². The highest BCUT2D eigenvalue weighted by Crippen LogP contribution is 2.26. The molecular formula is C25H22FN3O3. The standard InChI is InChI=1S/C25H22FN3O3/c1-16(24(31)17-7-3-2-4-8-17)13-22(30)18-10-11-19(26)20(14-18)28-25(32)21-15-27-23-9-5-6-12-29(21)23/h2-12,14-16,24,31H,13H2,1H3,(H,28,32)/t16-,24-/m1/s1. The van der Waals surface area contributed by atoms with Crippen LogP contribution in [0.15, 0.2) is 79.1 Å². The van der Waals surface area contributed by atoms with Gasteiger partial charge in [-0.15, -0.1) is 0 Å². The number of carbonyl (C=O) groups excluding carboxylic acids is 2. The van der Waals surface area contributed by atoms with E-state index >= 15 is 0 Å². The maximum Gasteiger partial charge on any atom is 0.274 e. The third kappa shape index (κ3) is 4.43. The van der Waals surface area contributed by atoms with Crippen LogP contribution in [0.25, 0.3) is 5.65 Å². The molecule has 32 heavy (non-hydrogen) atoms. The Hall–Kier alpha value is -3.84. The van der Waals surface area contributed by atoms with Crippen molar-refractivity contribution in [2.75, 3.05) is 5.32 Å². The summed E-state index contributed by atoms with van der Waals surface area (Å²) in [6, 6.07) is 18.3. The zero-order valence-corrected chi connectivity index (χ0v) is 17.4. The topological polar surface area (TPSA) is 83.7 Å². The van der Waals surface area contributed by atoms with Crippen LogP contribution < -0.4 is 5.32 Å². The third-order valence-corrected chi connectivity index (χ3v) is 5.37. The monoisotopic (exact) mass is 431 g/mol. The van der Waals surface area contributed by atoms with E-state index in [-0.39, 0.29) is 35.1 Å². The van der Waals surface area contributed by atoms with Gasteiger partial charge in [-0.2, -0.15) is 0 Å². The van der Waals surface area contributed by atoms with Gasteiger partial charge < -0.3 is 10.4 Å². The fourth-order valence-corrected chi connectivity index (χ4v) is 3.58. The van der Waals surface area contributed by atoms with Crippen LogP contribution in [0.4, 0.5) is 10.1 Å². The van der Waals surface area contributed by atoms with E-state index in [1.54, 1.807) is 47.9 Å². The van der Waals surface area contributed by atoms with Gasteiger partial charge in [0.15, 0.2) is 5.78 Å². The van der Waals surface area contributed by atoms with Crippen LogP contribution in [-0.2, 0) is 0 Å². The molecular weight excluding hydrogens is 409 g/mol. The maximum atomic E-state index is 14.4. The zero-order valence-electron chi connectivity index (χ0n) is 17.4. The molecule has 2 heterocycles. The van der Waals surface area contributed by atoms with E-state index in [0.29, 0.717) is 5.65 Å². The fraction of sp³-hybridized carbons (Fsp3) is 0.160. The van der Waals surface area contributed by atoms with Crippen LogP contribution in [-0.4, -0.2) is 26.2 Å². The number of nitrogens with one attached hydrogen (secondary N) is 1. The summed E-state index contributed by atoms with van der Waals surface area (Å²) in [5.74, 6) is -1.79. The second kappa shape index (κ2) is 9.11. The van der Waals surface area contributed by atoms with Gasteiger partial charge in [-0.3, -0.25) is 14.0 Å². The van der Waals surface area contributed by atoms with Gasteiger partial charge >= 0.3 is 0 Å². The Morgan fingerprint density at radius 3 is 2.62 bits per heavy atom. The summed E-state index contributed by atoms with van der Waals surface area (Å²) < 4.78 is 16.0. The summed E-state index contributed by atoms with van der Waals surface area (Å²) in [6.07, 6.45) is 2.37. The number of hydrogen-bond acceptors (Lipinski definition) is 4. The molecule has 4 rings (SSSR count). The van der Waals surface area contributed by atoms with Gasteiger partial charge in [0, 0.05) is 18.2 Å². The number of ketones is 1. The Balaban J connectivity index is 1.49. The molecule has 2 atom stereocenters. The highest BCUT2D eigenvalue weighted by atomic mass is 19.1. The molecule has 2 N–H and O–H groups in total. The summed E-state index contributed by atoms with van der Waals surface area (Å²) in [5.41, 5.74) is 1.73. The zero-order chi connectivity index (χ0) is 22.7. The smallest absolute Gasteiger partial charge is 0.274 e. The number of imidazole rings is 1. The van der Waals surface area contributed by atoms with Crippen LogP contribution >= 0.6 is 0 Å². The number of carbonyl (C=O) groups is 2. The van der Waals surface area contributed by atoms with Gasteiger partial charge in [0.1, 0.15) is 17.2 Å². The van der Waals surface area contributed by atoms with Gasteiger partial charge in [-0.05, 0) is 41.8 Å². The van der Waals surface area contributed by atoms with Gasteiger partial charge in [0.2, 0.25) is 0 Å². The van der Waals surface area contributed by atoms with Gasteiger partial charge in [-0.1, -0.05) is 43.3 Å². The van der Waals surface area contributed by atoms with Crippen LogP contribution in [0.5, 0.6) is 0 Å². The second-order valence-corrected chi connectivity index (χ2v) is 7.68. The molecule has 7 heteroatoms. The van der Waals surface area contributed by atoms with E-state index in [4.69, 9.17) is 0 Å². The number of aromatic nitrogens is 2. The van der Waals surface area contributed by atoms with Crippen molar-refractivity contribution in [3.63, 3.8) is 0 Å². The van der Waals surface area contributed by atoms with Gasteiger partial charge in [0.05, 0.1) is 18.0 Å². The number of hydrogen-bond donors (Lipinski definition) is 2. The molecule has 0 aliphatic carbocycles. The minimum Gasteiger partial charge on any atom is -0.388 e. The average molecular weight is 431 g/mol. The number of nitrogens with zero attached hydrogens (tertiary/aromatic N) is 2. The number of Topliss-reactive ketones (excluding diaryl/α,β-unsaturated/α-hetero) is 1. The summed E-state index contributed by atoms with van der Waals surface area (Å²) in [4.78, 5) is 29.6. The lowest BCUT2D eigenvalue weighted by atomic mass is 9.91. The van der Waals surface area contributed by atoms with E-state index in [0.717, 1.165) is 11.6 Å². The SMILES string of the molecule is C[C@H](CC(=O)c1ccc(F)c(NC(=O)c2cnc3ccccn23)c1)[C@@H](O)c1ccccc1. The van der Waals surface area contributed by atoms with Gasteiger partial charge in [-0.25, -0.2) is 9.37 Å². The second-order valence-electron chi connectivity index (χ2n) is 7.68. The molecule has 0 unspecified atom stereocenters. The Bertz CT molecular complexity index is 1270. The number of rotatable bonds is 7. The molecule has 2 aromatic carbocycles. The first kappa shape index (κ1) is 21.4. The predicted octanol–water partition coefficient (Wildman–Crippen LogP) is 4.67. The van der Waals surface area contributed by atoms with E-state index < -0.39 is 17.8 Å². The fourth-order valence-electron chi connectivity index (χ4n) is 3.58. The largest absolute Gasteiger partial charge is 0.388 e. The number of aliphatic hydroxyl groups excluding tert-OH is 1. The highest BCUT2D eigenvalue weighted by Gasteiger charge is 2.21. The molecule has 0 saturated heterocycles. The van der Waals surface area contributed by atoms with E-state index in [1.165, 1.54) is 18.3 Å². The Morgan fingerprint density at radius 1 is 1.09 bits per heavy atom. The Kier molecular flexibility index (Phi) is 6.09. The molecule has 0 radical (unpaired) electrons. The first-order chi connectivity index (χ1) is 15.4. The molecule has 0 aliphatic rings. The minimum atomic E-state index is -0.796. The van der Waals surface area contributed by atoms with Crippen LogP contribution in [0, 0.1) is 11.7 Å². The molecule has 0 bridgehead atoms. The normalized spacial score (nSPS) is 13.0. The number of halogens is 1. The van der Waals surface area contributed by atoms with Crippen LogP contribution in [0.3, 0.4) is 0 Å². The van der Waals surface area contributed by atoms with Gasteiger partial charge in [0.25, 0.3) is 5.91 Å². The maximum absolute atomic E-state index is 14.4. The van der Waals surface area contributed by atoms with E-state index in [2.05, 4.69) is 10.3 Å². The number of pyridine rings is 1. The molecule has 0 aliphatic heterocycles. The summed E-state index contributed by atoms with van der Waals surface area (Å²) in [7, 11) is 0. The molecule has 0 fully saturated rings. The predicted molar refractivity (Wildman–Crippen MR) is 119 cm³/mol. The molecule has 4 aromatic rings. The minimum absolute atomic E-state index is 0.0718. The highest BCUT2D eigenvalue weighted by molar-refractivity contribution is 6.04. The van der Waals surface area contributed by atoms with Crippen molar-refractivity contribution >= 4 is 23.0 Å². The molecule has 162 valence electrons. The first-order valence-electron chi connectivity index (χ1n) is 10.2. The van der Waals surface area contributed by atoms with Crippen LogP contribution in [0.2, 0.25) is 0 Å². The van der Waals surface area contributed by atoms with Crippen LogP contribution in [0.1, 0.15) is 45.9 Å². The first-order valence-corrected chi connectivity index (χ1v) is 10.2. The number of amides is 1. The van der Waals surface area contributed by atoms with Crippen molar-refractivity contribution < 1.29 is 19.1 Å². The quantitative estimate of drug-likeness (QED) is 0.417. The summed E-state index contributed by atoms with van der Waals surface area (Å²) >= 11 is 0. The lowest BCUT2D eigenvalue weighted by molar-refractivity contribution is 0.0828. The van der Waals surface area contributed by atoms with E-state index in [1.807, 2.05) is 18.2 Å². The average Bonchev–Trinajstić information content (AvgIpc) is 3.25.